The van der Waals surface area contributed by atoms with Gasteiger partial charge in [0, 0.05) is 25.5 Å². The highest BCUT2D eigenvalue weighted by molar-refractivity contribution is 5.15. The monoisotopic (exact) mass is 440 g/mol. The van der Waals surface area contributed by atoms with E-state index in [2.05, 4.69) is 66.4 Å². The number of rotatable bonds is 20. The lowest BCUT2D eigenvalue weighted by Crippen LogP contribution is -2.38. The summed E-state index contributed by atoms with van der Waals surface area (Å²) in [6.45, 7) is 6.82. The third-order valence-corrected chi connectivity index (χ3v) is 7.01. The highest BCUT2D eigenvalue weighted by atomic mass is 15.4. The molecule has 0 aromatic heterocycles. The van der Waals surface area contributed by atoms with Crippen LogP contribution in [0.5, 0.6) is 0 Å². The van der Waals surface area contributed by atoms with Crippen molar-refractivity contribution in [3.63, 3.8) is 0 Å². The van der Waals surface area contributed by atoms with Crippen LogP contribution >= 0.6 is 0 Å². The fourth-order valence-electron chi connectivity index (χ4n) is 4.93. The van der Waals surface area contributed by atoms with Crippen molar-refractivity contribution >= 4 is 0 Å². The average molecular weight is 441 g/mol. The van der Waals surface area contributed by atoms with E-state index in [1.54, 1.807) is 0 Å². The first-order valence-corrected chi connectivity index (χ1v) is 14.1. The van der Waals surface area contributed by atoms with E-state index >= 15 is 0 Å². The lowest BCUT2D eigenvalue weighted by molar-refractivity contribution is 0.132. The Kier molecular flexibility index (Phi) is 15.1. The smallest absolute Gasteiger partial charge is 0.101 e. The summed E-state index contributed by atoms with van der Waals surface area (Å²) in [5.74, 6) is 0. The third kappa shape index (κ3) is 11.4. The molecule has 0 fully saturated rings. The van der Waals surface area contributed by atoms with E-state index in [-0.39, 0.29) is 0 Å². The van der Waals surface area contributed by atoms with Gasteiger partial charge in [0.15, 0.2) is 0 Å². The second-order valence-electron chi connectivity index (χ2n) is 9.91. The van der Waals surface area contributed by atoms with Crippen LogP contribution in [0.4, 0.5) is 0 Å². The highest BCUT2D eigenvalue weighted by Crippen LogP contribution is 2.24. The van der Waals surface area contributed by atoms with Gasteiger partial charge >= 0.3 is 0 Å². The largest absolute Gasteiger partial charge is 0.356 e. The van der Waals surface area contributed by atoms with Crippen molar-refractivity contribution in [1.29, 1.82) is 0 Å². The van der Waals surface area contributed by atoms with Gasteiger partial charge in [-0.2, -0.15) is 0 Å². The number of benzene rings is 1. The molecule has 0 saturated heterocycles. The van der Waals surface area contributed by atoms with E-state index in [1.807, 2.05) is 0 Å². The zero-order valence-electron chi connectivity index (χ0n) is 21.4. The van der Waals surface area contributed by atoms with Gasteiger partial charge in [-0.3, -0.25) is 0 Å². The van der Waals surface area contributed by atoms with Crippen LogP contribution in [0.1, 0.15) is 129 Å². The van der Waals surface area contributed by atoms with Crippen molar-refractivity contribution in [3.05, 3.63) is 48.3 Å². The minimum absolute atomic E-state index is 0.555. The molecular weight excluding hydrogens is 388 g/mol. The van der Waals surface area contributed by atoms with Crippen LogP contribution in [-0.4, -0.2) is 22.5 Å². The molecule has 0 radical (unpaired) electrons. The summed E-state index contributed by atoms with van der Waals surface area (Å²) in [6.07, 6.45) is 29.2. The fourth-order valence-corrected chi connectivity index (χ4v) is 4.93. The molecule has 2 rings (SSSR count). The molecule has 32 heavy (non-hydrogen) atoms. The van der Waals surface area contributed by atoms with Gasteiger partial charge in [-0.05, 0) is 24.8 Å². The molecule has 1 atom stereocenters. The minimum atomic E-state index is 0.555. The fraction of sp³-hybridized carbons (Fsp3) is 0.733. The Balaban J connectivity index is 1.54. The van der Waals surface area contributed by atoms with E-state index in [0.717, 1.165) is 6.54 Å². The summed E-state index contributed by atoms with van der Waals surface area (Å²) in [5, 5.41) is 0. The van der Waals surface area contributed by atoms with Gasteiger partial charge in [0.1, 0.15) is 6.17 Å². The molecule has 2 heteroatoms. The van der Waals surface area contributed by atoms with Crippen LogP contribution in [0.15, 0.2) is 42.7 Å². The molecule has 0 amide bonds. The molecular formula is C30H52N2. The van der Waals surface area contributed by atoms with Crippen molar-refractivity contribution in [2.24, 2.45) is 0 Å². The van der Waals surface area contributed by atoms with Crippen LogP contribution in [0, 0.1) is 0 Å². The first-order valence-electron chi connectivity index (χ1n) is 14.1. The molecule has 1 aliphatic rings. The van der Waals surface area contributed by atoms with Gasteiger partial charge in [-0.25, -0.2) is 0 Å². The third-order valence-electron chi connectivity index (χ3n) is 7.01. The Morgan fingerprint density at radius 1 is 0.562 bits per heavy atom. The summed E-state index contributed by atoms with van der Waals surface area (Å²) < 4.78 is 0. The second-order valence-corrected chi connectivity index (χ2v) is 9.91. The lowest BCUT2D eigenvalue weighted by Gasteiger charge is -2.33. The predicted octanol–water partition coefficient (Wildman–Crippen LogP) is 9.27. The molecule has 2 nitrogen and oxygen atoms in total. The zero-order valence-corrected chi connectivity index (χ0v) is 21.4. The normalized spacial score (nSPS) is 15.8. The van der Waals surface area contributed by atoms with Gasteiger partial charge in [-0.15, -0.1) is 0 Å². The van der Waals surface area contributed by atoms with E-state index < -0.39 is 0 Å². The predicted molar refractivity (Wildman–Crippen MR) is 141 cm³/mol. The summed E-state index contributed by atoms with van der Waals surface area (Å²) in [5.41, 5.74) is 1.42. The van der Waals surface area contributed by atoms with E-state index in [4.69, 9.17) is 0 Å². The van der Waals surface area contributed by atoms with Crippen molar-refractivity contribution in [1.82, 2.24) is 9.80 Å². The molecule has 1 aromatic carbocycles. The van der Waals surface area contributed by atoms with Crippen molar-refractivity contribution in [2.45, 2.75) is 136 Å². The lowest BCUT2D eigenvalue weighted by atomic mass is 10.0. The van der Waals surface area contributed by atoms with Crippen LogP contribution in [0.2, 0.25) is 0 Å². The van der Waals surface area contributed by atoms with E-state index in [1.165, 1.54) is 121 Å². The van der Waals surface area contributed by atoms with Gasteiger partial charge in [0.25, 0.3) is 0 Å². The van der Waals surface area contributed by atoms with Crippen molar-refractivity contribution < 1.29 is 0 Å². The number of unbranched alkanes of at least 4 members (excludes halogenated alkanes) is 14. The van der Waals surface area contributed by atoms with Crippen molar-refractivity contribution in [3.8, 4) is 0 Å². The van der Waals surface area contributed by atoms with Crippen LogP contribution in [0.3, 0.4) is 0 Å². The van der Waals surface area contributed by atoms with Gasteiger partial charge < -0.3 is 9.80 Å². The molecule has 0 bridgehead atoms. The number of nitrogens with zero attached hydrogens (tertiary/aromatic N) is 2. The molecule has 182 valence electrons. The molecule has 0 saturated carbocycles. The Morgan fingerprint density at radius 3 is 1.62 bits per heavy atom. The second kappa shape index (κ2) is 18.0. The molecule has 0 spiro atoms. The number of hydrogen-bond acceptors (Lipinski definition) is 2. The quantitative estimate of drug-likeness (QED) is 0.186. The van der Waals surface area contributed by atoms with E-state index in [0.29, 0.717) is 6.17 Å². The van der Waals surface area contributed by atoms with Gasteiger partial charge in [0.2, 0.25) is 0 Å². The Bertz CT molecular complexity index is 567. The molecule has 1 aromatic rings. The molecule has 1 heterocycles. The summed E-state index contributed by atoms with van der Waals surface area (Å²) in [6, 6.07) is 10.9. The standard InChI is InChI=1S/C30H52N2/c1-3-5-7-8-9-10-11-12-13-14-15-16-17-21-24-30-31(25-6-4-2)26-27-32(30)28-29-22-19-18-20-23-29/h18-20,22-23,26-27,30H,3-17,21,24-25,28H2,1-2H3. The molecule has 1 aliphatic heterocycles. The van der Waals surface area contributed by atoms with Gasteiger partial charge in [0.05, 0.1) is 0 Å². The maximum atomic E-state index is 2.59. The Morgan fingerprint density at radius 2 is 1.06 bits per heavy atom. The Labute approximate surface area is 200 Å². The first-order chi connectivity index (χ1) is 15.8. The summed E-state index contributed by atoms with van der Waals surface area (Å²) >= 11 is 0. The topological polar surface area (TPSA) is 6.48 Å². The SMILES string of the molecule is CCCCCCCCCCCCCCCCC1N(CCCC)C=CN1Cc1ccccc1. The van der Waals surface area contributed by atoms with Crippen LogP contribution in [0.25, 0.3) is 0 Å². The first kappa shape index (κ1) is 26.8. The van der Waals surface area contributed by atoms with Crippen LogP contribution < -0.4 is 0 Å². The maximum Gasteiger partial charge on any atom is 0.101 e. The minimum Gasteiger partial charge on any atom is -0.356 e. The summed E-state index contributed by atoms with van der Waals surface area (Å²) in [4.78, 5) is 5.15. The van der Waals surface area contributed by atoms with Crippen LogP contribution in [-0.2, 0) is 6.54 Å². The zero-order chi connectivity index (χ0) is 22.7. The van der Waals surface area contributed by atoms with E-state index in [9.17, 15) is 0 Å². The highest BCUT2D eigenvalue weighted by Gasteiger charge is 2.25. The van der Waals surface area contributed by atoms with Gasteiger partial charge in [-0.1, -0.05) is 134 Å². The summed E-state index contributed by atoms with van der Waals surface area (Å²) in [7, 11) is 0. The molecule has 0 N–H and O–H groups in total. The molecule has 0 aliphatic carbocycles. The Hall–Kier alpha value is -1.44. The maximum absolute atomic E-state index is 2.59. The molecule has 1 unspecified atom stereocenters. The number of hydrogen-bond donors (Lipinski definition) is 0. The average Bonchev–Trinajstić information content (AvgIpc) is 3.19. The van der Waals surface area contributed by atoms with Crippen molar-refractivity contribution in [2.75, 3.05) is 6.54 Å².